The number of hydrogen-bond donors (Lipinski definition) is 3. The van der Waals surface area contributed by atoms with Crippen molar-refractivity contribution in [3.05, 3.63) is 53.3 Å². The first-order valence-corrected chi connectivity index (χ1v) is 12.3. The van der Waals surface area contributed by atoms with Crippen molar-refractivity contribution in [3.8, 4) is 11.3 Å². The summed E-state index contributed by atoms with van der Waals surface area (Å²) in [5, 5.41) is 23.8. The number of aliphatic hydroxyl groups is 1. The van der Waals surface area contributed by atoms with E-state index in [0.29, 0.717) is 55.4 Å². The lowest BCUT2D eigenvalue weighted by Gasteiger charge is -2.27. The van der Waals surface area contributed by atoms with Gasteiger partial charge < -0.3 is 25.4 Å². The number of aryl methyl sites for hydroxylation is 1. The summed E-state index contributed by atoms with van der Waals surface area (Å²) in [6.07, 6.45) is 4.00. The molecule has 0 radical (unpaired) electrons. The highest BCUT2D eigenvalue weighted by Gasteiger charge is 2.25. The van der Waals surface area contributed by atoms with Crippen molar-refractivity contribution in [3.63, 3.8) is 0 Å². The van der Waals surface area contributed by atoms with Crippen molar-refractivity contribution >= 4 is 23.4 Å². The third-order valence-corrected chi connectivity index (χ3v) is 6.40. The molecule has 10 nitrogen and oxygen atoms in total. The fraction of sp³-hybridized carbons (Fsp3) is 0.423. The lowest BCUT2D eigenvalue weighted by atomic mass is 10.0. The van der Waals surface area contributed by atoms with E-state index in [4.69, 9.17) is 14.7 Å². The van der Waals surface area contributed by atoms with Crippen LogP contribution in [0.3, 0.4) is 0 Å². The number of nitrogens with zero attached hydrogens (tertiary/aromatic N) is 5. The Bertz CT molecular complexity index is 1240. The van der Waals surface area contributed by atoms with Gasteiger partial charge in [0.1, 0.15) is 5.82 Å². The van der Waals surface area contributed by atoms with E-state index in [0.717, 1.165) is 35.2 Å². The van der Waals surface area contributed by atoms with Crippen LogP contribution in [-0.4, -0.2) is 70.1 Å². The number of benzene rings is 1. The van der Waals surface area contributed by atoms with Crippen LogP contribution in [0.25, 0.3) is 11.3 Å². The number of anilines is 3. The third-order valence-electron chi connectivity index (χ3n) is 6.40. The SMILES string of the molecule is Cc1ccc(NC(=O)c2cc(C3CC3)cnn2)cc1-c1cc(N[C@H](C)CO)nc(N2CCOCC2)n1. The van der Waals surface area contributed by atoms with Crippen molar-refractivity contribution in [2.45, 2.75) is 38.6 Å². The molecule has 3 aromatic rings. The molecule has 1 saturated heterocycles. The average Bonchev–Trinajstić information content (AvgIpc) is 3.76. The Morgan fingerprint density at radius 1 is 1.19 bits per heavy atom. The summed E-state index contributed by atoms with van der Waals surface area (Å²) in [7, 11) is 0. The van der Waals surface area contributed by atoms with Crippen LogP contribution in [0.15, 0.2) is 36.5 Å². The van der Waals surface area contributed by atoms with Gasteiger partial charge in [-0.25, -0.2) is 4.98 Å². The molecule has 188 valence electrons. The highest BCUT2D eigenvalue weighted by Crippen LogP contribution is 2.39. The number of nitrogens with one attached hydrogen (secondary N) is 2. The van der Waals surface area contributed by atoms with Crippen molar-refractivity contribution in [1.29, 1.82) is 0 Å². The van der Waals surface area contributed by atoms with Gasteiger partial charge in [0, 0.05) is 36.4 Å². The minimum absolute atomic E-state index is 0.0163. The van der Waals surface area contributed by atoms with E-state index < -0.39 is 0 Å². The van der Waals surface area contributed by atoms with Gasteiger partial charge in [0.2, 0.25) is 5.95 Å². The monoisotopic (exact) mass is 489 g/mol. The molecule has 2 aliphatic rings. The van der Waals surface area contributed by atoms with Crippen LogP contribution < -0.4 is 15.5 Å². The Kier molecular flexibility index (Phi) is 7.06. The maximum Gasteiger partial charge on any atom is 0.276 e. The minimum atomic E-state index is -0.296. The van der Waals surface area contributed by atoms with E-state index in [9.17, 15) is 9.90 Å². The fourth-order valence-corrected chi connectivity index (χ4v) is 4.15. The number of carbonyl (C=O) groups is 1. The van der Waals surface area contributed by atoms with Gasteiger partial charge in [-0.05, 0) is 61.9 Å². The summed E-state index contributed by atoms with van der Waals surface area (Å²) < 4.78 is 5.48. The first-order chi connectivity index (χ1) is 17.5. The highest BCUT2D eigenvalue weighted by molar-refractivity contribution is 6.03. The average molecular weight is 490 g/mol. The second kappa shape index (κ2) is 10.5. The summed E-state index contributed by atoms with van der Waals surface area (Å²) in [5.41, 5.74) is 4.63. The Balaban J connectivity index is 1.44. The number of amides is 1. The molecule has 2 aromatic heterocycles. The topological polar surface area (TPSA) is 125 Å². The van der Waals surface area contributed by atoms with Crippen molar-refractivity contribution in [1.82, 2.24) is 20.2 Å². The van der Waals surface area contributed by atoms with Crippen LogP contribution in [0.2, 0.25) is 0 Å². The smallest absolute Gasteiger partial charge is 0.276 e. The number of rotatable bonds is 8. The second-order valence-corrected chi connectivity index (χ2v) is 9.40. The molecule has 0 spiro atoms. The quantitative estimate of drug-likeness (QED) is 0.438. The summed E-state index contributed by atoms with van der Waals surface area (Å²) >= 11 is 0. The van der Waals surface area contributed by atoms with Gasteiger partial charge >= 0.3 is 0 Å². The number of aliphatic hydroxyl groups excluding tert-OH is 1. The first-order valence-electron chi connectivity index (χ1n) is 12.3. The minimum Gasteiger partial charge on any atom is -0.394 e. The molecule has 1 atom stereocenters. The molecule has 5 rings (SSSR count). The molecule has 36 heavy (non-hydrogen) atoms. The Hall–Kier alpha value is -3.63. The predicted molar refractivity (Wildman–Crippen MR) is 137 cm³/mol. The number of ether oxygens (including phenoxy) is 1. The molecule has 0 unspecified atom stereocenters. The zero-order chi connectivity index (χ0) is 25.1. The molecule has 0 bridgehead atoms. The molecule has 1 aliphatic heterocycles. The molecule has 3 heterocycles. The van der Waals surface area contributed by atoms with Gasteiger partial charge in [-0.15, -0.1) is 5.10 Å². The lowest BCUT2D eigenvalue weighted by Crippen LogP contribution is -2.37. The normalized spacial score (nSPS) is 16.5. The van der Waals surface area contributed by atoms with Gasteiger partial charge in [0.05, 0.1) is 31.7 Å². The van der Waals surface area contributed by atoms with Gasteiger partial charge in [0.15, 0.2) is 5.69 Å². The van der Waals surface area contributed by atoms with E-state index in [2.05, 4.69) is 25.7 Å². The predicted octanol–water partition coefficient (Wildman–Crippen LogP) is 3.00. The summed E-state index contributed by atoms with van der Waals surface area (Å²) in [6.45, 7) is 6.52. The van der Waals surface area contributed by atoms with E-state index >= 15 is 0 Å². The molecule has 3 N–H and O–H groups in total. The Morgan fingerprint density at radius 3 is 2.75 bits per heavy atom. The number of carbonyl (C=O) groups excluding carboxylic acids is 1. The van der Waals surface area contributed by atoms with E-state index in [1.807, 2.05) is 44.2 Å². The molecular formula is C26H31N7O3. The first kappa shape index (κ1) is 24.1. The van der Waals surface area contributed by atoms with Crippen LogP contribution in [0.1, 0.15) is 47.3 Å². The summed E-state index contributed by atoms with van der Waals surface area (Å²) in [4.78, 5) is 24.6. The zero-order valence-electron chi connectivity index (χ0n) is 20.6. The van der Waals surface area contributed by atoms with Crippen LogP contribution in [-0.2, 0) is 4.74 Å². The van der Waals surface area contributed by atoms with Crippen molar-refractivity contribution in [2.75, 3.05) is 48.4 Å². The second-order valence-electron chi connectivity index (χ2n) is 9.40. The summed E-state index contributed by atoms with van der Waals surface area (Å²) in [6, 6.07) is 9.27. The van der Waals surface area contributed by atoms with Crippen LogP contribution in [0, 0.1) is 6.92 Å². The van der Waals surface area contributed by atoms with Crippen molar-refractivity contribution < 1.29 is 14.6 Å². The van der Waals surface area contributed by atoms with E-state index in [-0.39, 0.29) is 18.6 Å². The van der Waals surface area contributed by atoms with Crippen LogP contribution in [0.5, 0.6) is 0 Å². The molecule has 1 aliphatic carbocycles. The standard InChI is InChI=1S/C26H31N7O3/c1-16-3-6-20(29-25(35)23-11-19(14-27-32-23)18-4-5-18)12-21(16)22-13-24(28-17(2)15-34)31-26(30-22)33-7-9-36-10-8-33/h3,6,11-14,17-18,34H,4-5,7-10,15H2,1-2H3,(H,29,35)(H,28,30,31)/t17-/m1/s1. The Labute approximate surface area is 210 Å². The summed E-state index contributed by atoms with van der Waals surface area (Å²) in [5.74, 6) is 1.43. The molecular weight excluding hydrogens is 458 g/mol. The van der Waals surface area contributed by atoms with Crippen molar-refractivity contribution in [2.24, 2.45) is 0 Å². The largest absolute Gasteiger partial charge is 0.394 e. The van der Waals surface area contributed by atoms with Crippen LogP contribution in [0.4, 0.5) is 17.5 Å². The fourth-order valence-electron chi connectivity index (χ4n) is 4.15. The molecule has 2 fully saturated rings. The molecule has 1 aromatic carbocycles. The third kappa shape index (κ3) is 5.60. The highest BCUT2D eigenvalue weighted by atomic mass is 16.5. The van der Waals surface area contributed by atoms with Gasteiger partial charge in [-0.3, -0.25) is 4.79 Å². The number of aromatic nitrogens is 4. The van der Waals surface area contributed by atoms with E-state index in [1.165, 1.54) is 0 Å². The Morgan fingerprint density at radius 2 is 2.00 bits per heavy atom. The maximum absolute atomic E-state index is 12.9. The number of hydrogen-bond acceptors (Lipinski definition) is 9. The molecule has 1 saturated carbocycles. The number of morpholine rings is 1. The molecule has 10 heteroatoms. The molecule has 1 amide bonds. The maximum atomic E-state index is 12.9. The van der Waals surface area contributed by atoms with E-state index in [1.54, 1.807) is 6.20 Å². The van der Waals surface area contributed by atoms with Gasteiger partial charge in [0.25, 0.3) is 5.91 Å². The van der Waals surface area contributed by atoms with Gasteiger partial charge in [-0.2, -0.15) is 10.1 Å². The van der Waals surface area contributed by atoms with Gasteiger partial charge in [-0.1, -0.05) is 6.07 Å². The zero-order valence-corrected chi connectivity index (χ0v) is 20.6. The van der Waals surface area contributed by atoms with Crippen LogP contribution >= 0.6 is 0 Å². The lowest BCUT2D eigenvalue weighted by molar-refractivity contribution is 0.102.